The van der Waals surface area contributed by atoms with Crippen molar-refractivity contribution in [3.63, 3.8) is 0 Å². The molecule has 0 heterocycles. The molecule has 78 valence electrons. The van der Waals surface area contributed by atoms with Gasteiger partial charge in [-0.2, -0.15) is 0 Å². The topological polar surface area (TPSA) is 0 Å². The Labute approximate surface area is 101 Å². The quantitative estimate of drug-likeness (QED) is 0.731. The van der Waals surface area contributed by atoms with Gasteiger partial charge in [-0.15, -0.1) is 23.5 Å². The van der Waals surface area contributed by atoms with Gasteiger partial charge in [-0.1, -0.05) is 6.92 Å². The van der Waals surface area contributed by atoms with Crippen LogP contribution in [0.1, 0.15) is 13.3 Å². The van der Waals surface area contributed by atoms with Gasteiger partial charge in [0.2, 0.25) is 0 Å². The molecule has 0 atom stereocenters. The number of benzene rings is 1. The van der Waals surface area contributed by atoms with Crippen LogP contribution >= 0.6 is 39.5 Å². The molecule has 1 aromatic carbocycles. The second-order valence-electron chi connectivity index (χ2n) is 2.74. The van der Waals surface area contributed by atoms with Gasteiger partial charge < -0.3 is 0 Å². The summed E-state index contributed by atoms with van der Waals surface area (Å²) in [5, 5.41) is 0. The molecule has 1 aromatic rings. The lowest BCUT2D eigenvalue weighted by Crippen LogP contribution is -1.88. The fraction of sp³-hybridized carbons (Fsp3) is 0.400. The van der Waals surface area contributed by atoms with E-state index in [4.69, 9.17) is 0 Å². The first-order valence-corrected chi connectivity index (χ1v) is 7.35. The maximum absolute atomic E-state index is 13.8. The third-order valence-corrected chi connectivity index (χ3v) is 4.66. The normalized spacial score (nSPS) is 10.6. The highest BCUT2D eigenvalue weighted by Crippen LogP contribution is 2.35. The highest BCUT2D eigenvalue weighted by atomic mass is 79.9. The van der Waals surface area contributed by atoms with Crippen molar-refractivity contribution in [3.05, 3.63) is 22.4 Å². The van der Waals surface area contributed by atoms with Gasteiger partial charge in [0.05, 0.1) is 4.90 Å². The van der Waals surface area contributed by atoms with Gasteiger partial charge in [0.15, 0.2) is 5.82 Å². The second kappa shape index (κ2) is 6.03. The molecule has 0 aromatic heterocycles. The molecular weight excluding hydrogens is 283 g/mol. The van der Waals surface area contributed by atoms with Gasteiger partial charge in [0, 0.05) is 9.37 Å². The molecule has 0 radical (unpaired) electrons. The van der Waals surface area contributed by atoms with Gasteiger partial charge in [-0.3, -0.25) is 0 Å². The monoisotopic (exact) mass is 294 g/mol. The van der Waals surface area contributed by atoms with Crippen molar-refractivity contribution in [3.8, 4) is 0 Å². The number of halogens is 2. The lowest BCUT2D eigenvalue weighted by Gasteiger charge is -2.07. The Kier molecular flexibility index (Phi) is 5.34. The van der Waals surface area contributed by atoms with E-state index in [1.165, 1.54) is 11.8 Å². The highest BCUT2D eigenvalue weighted by molar-refractivity contribution is 9.10. The highest BCUT2D eigenvalue weighted by Gasteiger charge is 2.11. The summed E-state index contributed by atoms with van der Waals surface area (Å²) >= 11 is 6.38. The summed E-state index contributed by atoms with van der Waals surface area (Å²) in [5.41, 5.74) is 0. The van der Waals surface area contributed by atoms with Gasteiger partial charge in [-0.25, -0.2) is 4.39 Å². The van der Waals surface area contributed by atoms with E-state index >= 15 is 0 Å². The molecule has 0 amide bonds. The van der Waals surface area contributed by atoms with Crippen molar-refractivity contribution >= 4 is 39.5 Å². The standard InChI is InChI=1S/C10H12BrFS2/c1-3-6-14-10-7(11)4-5-8(13-2)9(10)12/h4-5H,3,6H2,1-2H3. The van der Waals surface area contributed by atoms with E-state index in [1.807, 2.05) is 12.3 Å². The summed E-state index contributed by atoms with van der Waals surface area (Å²) < 4.78 is 14.6. The minimum atomic E-state index is -0.0923. The Morgan fingerprint density at radius 2 is 2.14 bits per heavy atom. The Hall–Kier alpha value is 0.330. The van der Waals surface area contributed by atoms with E-state index in [1.54, 1.807) is 17.8 Å². The first kappa shape index (κ1) is 12.4. The average Bonchev–Trinajstić information content (AvgIpc) is 2.18. The van der Waals surface area contributed by atoms with Crippen molar-refractivity contribution in [1.29, 1.82) is 0 Å². The van der Waals surface area contributed by atoms with Crippen LogP contribution in [0, 0.1) is 5.82 Å². The largest absolute Gasteiger partial charge is 0.204 e. The third-order valence-electron chi connectivity index (χ3n) is 1.68. The number of thioether (sulfide) groups is 2. The van der Waals surface area contributed by atoms with E-state index in [0.717, 1.165) is 21.5 Å². The second-order valence-corrected chi connectivity index (χ2v) is 5.55. The number of rotatable bonds is 4. The fourth-order valence-electron chi connectivity index (χ4n) is 1.01. The molecular formula is C10H12BrFS2. The van der Waals surface area contributed by atoms with Crippen LogP contribution in [-0.2, 0) is 0 Å². The van der Waals surface area contributed by atoms with Crippen molar-refractivity contribution in [2.75, 3.05) is 12.0 Å². The zero-order chi connectivity index (χ0) is 10.6. The minimum absolute atomic E-state index is 0.0923. The van der Waals surface area contributed by atoms with Crippen molar-refractivity contribution in [1.82, 2.24) is 0 Å². The zero-order valence-corrected chi connectivity index (χ0v) is 11.4. The summed E-state index contributed by atoms with van der Waals surface area (Å²) in [6.07, 6.45) is 2.95. The van der Waals surface area contributed by atoms with Crippen LogP contribution < -0.4 is 0 Å². The molecule has 0 fully saturated rings. The average molecular weight is 295 g/mol. The first-order valence-electron chi connectivity index (χ1n) is 4.35. The predicted molar refractivity (Wildman–Crippen MR) is 66.9 cm³/mol. The summed E-state index contributed by atoms with van der Waals surface area (Å²) in [4.78, 5) is 1.45. The molecule has 0 spiro atoms. The van der Waals surface area contributed by atoms with Crippen LogP contribution in [0.2, 0.25) is 0 Å². The lowest BCUT2D eigenvalue weighted by molar-refractivity contribution is 0.573. The molecule has 0 N–H and O–H groups in total. The maximum atomic E-state index is 13.8. The number of hydrogen-bond acceptors (Lipinski definition) is 2. The summed E-state index contributed by atoms with van der Waals surface area (Å²) in [5.74, 6) is 0.859. The van der Waals surface area contributed by atoms with Gasteiger partial charge in [0.1, 0.15) is 0 Å². The van der Waals surface area contributed by atoms with Crippen LogP contribution in [0.3, 0.4) is 0 Å². The Morgan fingerprint density at radius 3 is 2.71 bits per heavy atom. The van der Waals surface area contributed by atoms with E-state index in [2.05, 4.69) is 22.9 Å². The maximum Gasteiger partial charge on any atom is 0.151 e. The fourth-order valence-corrected chi connectivity index (χ4v) is 3.06. The minimum Gasteiger partial charge on any atom is -0.204 e. The molecule has 0 saturated carbocycles. The van der Waals surface area contributed by atoms with Crippen molar-refractivity contribution in [2.45, 2.75) is 23.1 Å². The first-order chi connectivity index (χ1) is 6.70. The summed E-state index contributed by atoms with van der Waals surface area (Å²) in [6.45, 7) is 2.09. The molecule has 0 saturated heterocycles. The molecule has 0 unspecified atom stereocenters. The molecule has 1 rings (SSSR count). The van der Waals surface area contributed by atoms with E-state index < -0.39 is 0 Å². The van der Waals surface area contributed by atoms with Crippen LogP contribution in [0.5, 0.6) is 0 Å². The lowest BCUT2D eigenvalue weighted by atomic mass is 10.3. The number of hydrogen-bond donors (Lipinski definition) is 0. The Balaban J connectivity index is 2.99. The molecule has 0 bridgehead atoms. The van der Waals surface area contributed by atoms with Gasteiger partial charge >= 0.3 is 0 Å². The van der Waals surface area contributed by atoms with E-state index in [9.17, 15) is 4.39 Å². The van der Waals surface area contributed by atoms with Crippen molar-refractivity contribution < 1.29 is 4.39 Å². The predicted octanol–water partition coefficient (Wildman–Crippen LogP) is 4.81. The van der Waals surface area contributed by atoms with E-state index in [0.29, 0.717) is 4.90 Å². The van der Waals surface area contributed by atoms with Crippen LogP contribution in [-0.4, -0.2) is 12.0 Å². The molecule has 0 aliphatic carbocycles. The van der Waals surface area contributed by atoms with E-state index in [-0.39, 0.29) is 5.82 Å². The van der Waals surface area contributed by atoms with Gasteiger partial charge in [0.25, 0.3) is 0 Å². The van der Waals surface area contributed by atoms with Crippen LogP contribution in [0.4, 0.5) is 4.39 Å². The molecule has 14 heavy (non-hydrogen) atoms. The summed E-state index contributed by atoms with van der Waals surface area (Å²) in [7, 11) is 0. The molecule has 0 nitrogen and oxygen atoms in total. The summed E-state index contributed by atoms with van der Waals surface area (Å²) in [6, 6.07) is 3.72. The third kappa shape index (κ3) is 2.91. The zero-order valence-electron chi connectivity index (χ0n) is 8.14. The van der Waals surface area contributed by atoms with Crippen molar-refractivity contribution in [2.24, 2.45) is 0 Å². The Morgan fingerprint density at radius 1 is 1.43 bits per heavy atom. The Bertz CT molecular complexity index is 315. The smallest absolute Gasteiger partial charge is 0.151 e. The molecule has 0 aliphatic heterocycles. The van der Waals surface area contributed by atoms with Crippen LogP contribution in [0.15, 0.2) is 26.4 Å². The van der Waals surface area contributed by atoms with Crippen LogP contribution in [0.25, 0.3) is 0 Å². The van der Waals surface area contributed by atoms with Gasteiger partial charge in [-0.05, 0) is 46.5 Å². The SMILES string of the molecule is CCCSc1c(Br)ccc(SC)c1F. The molecule has 0 aliphatic rings. The molecule has 4 heteroatoms.